The number of nitrogen functional groups attached to an aromatic ring is 1. The minimum Gasteiger partial charge on any atom is -0.494 e. The van der Waals surface area contributed by atoms with E-state index in [4.69, 9.17) is 21.3 Å². The number of rotatable bonds is 7. The number of anilines is 3. The van der Waals surface area contributed by atoms with E-state index >= 15 is 0 Å². The predicted molar refractivity (Wildman–Crippen MR) is 117 cm³/mol. The number of ether oxygens (including phenoxy) is 1. The van der Waals surface area contributed by atoms with Gasteiger partial charge in [0.1, 0.15) is 5.75 Å². The fourth-order valence-electron chi connectivity index (χ4n) is 4.00. The Kier molecular flexibility index (Phi) is 5.85. The van der Waals surface area contributed by atoms with Crippen LogP contribution in [0.4, 0.5) is 17.2 Å². The fourth-order valence-corrected chi connectivity index (χ4v) is 4.00. The number of fused-ring (bicyclic) bond motifs is 1. The molecule has 4 rings (SSSR count). The summed E-state index contributed by atoms with van der Waals surface area (Å²) in [5.41, 5.74) is 16.1. The minimum atomic E-state index is 0.284. The van der Waals surface area contributed by atoms with Crippen LogP contribution in [0.15, 0.2) is 36.7 Å². The molecule has 0 aliphatic heterocycles. The molecule has 3 aromatic rings. The van der Waals surface area contributed by atoms with Gasteiger partial charge in [-0.05, 0) is 62.3 Å². The molecule has 2 heterocycles. The lowest BCUT2D eigenvalue weighted by Gasteiger charge is -2.28. The number of benzene rings is 1. The Morgan fingerprint density at radius 2 is 1.93 bits per heavy atom. The largest absolute Gasteiger partial charge is 0.494 e. The monoisotopic (exact) mass is 394 g/mol. The van der Waals surface area contributed by atoms with Gasteiger partial charge in [0.15, 0.2) is 11.5 Å². The number of nitrogens with one attached hydrogen (secondary N) is 1. The maximum absolute atomic E-state index is 6.56. The Morgan fingerprint density at radius 1 is 1.17 bits per heavy atom. The maximum Gasteiger partial charge on any atom is 0.177 e. The highest BCUT2D eigenvalue weighted by molar-refractivity contribution is 5.76. The van der Waals surface area contributed by atoms with Gasteiger partial charge in [-0.15, -0.1) is 5.10 Å². The van der Waals surface area contributed by atoms with E-state index in [0.717, 1.165) is 68.0 Å². The van der Waals surface area contributed by atoms with Crippen molar-refractivity contribution in [3.8, 4) is 5.75 Å². The Hall–Kier alpha value is -2.80. The van der Waals surface area contributed by atoms with Crippen LogP contribution in [0.2, 0.25) is 0 Å². The first-order chi connectivity index (χ1) is 14.2. The standard InChI is InChI=1S/C22H30N6O/c1-2-3-14-29-18-10-8-17(9-11-18)26-21-19(15-4-6-16(23)7-5-15)20(24)22-25-12-13-28(22)27-21/h8-13,15-16H,2-7,14,23-24H2,1H3,(H,26,27)/t15-,16-. The topological polar surface area (TPSA) is 103 Å². The van der Waals surface area contributed by atoms with Gasteiger partial charge >= 0.3 is 0 Å². The molecular formula is C22H30N6O. The quantitative estimate of drug-likeness (QED) is 0.518. The van der Waals surface area contributed by atoms with Crippen LogP contribution < -0.4 is 21.5 Å². The number of aromatic nitrogens is 3. The lowest BCUT2D eigenvalue weighted by atomic mass is 9.81. The third kappa shape index (κ3) is 4.29. The van der Waals surface area contributed by atoms with Crippen LogP contribution in [0.1, 0.15) is 56.9 Å². The normalized spacial score (nSPS) is 19.4. The Labute approximate surface area is 171 Å². The molecule has 1 fully saturated rings. The summed E-state index contributed by atoms with van der Waals surface area (Å²) in [6, 6.07) is 8.27. The number of hydrogen-bond acceptors (Lipinski definition) is 6. The van der Waals surface area contributed by atoms with Crippen molar-refractivity contribution in [1.29, 1.82) is 0 Å². The zero-order valence-corrected chi connectivity index (χ0v) is 17.0. The smallest absolute Gasteiger partial charge is 0.177 e. The van der Waals surface area contributed by atoms with Gasteiger partial charge in [-0.1, -0.05) is 13.3 Å². The van der Waals surface area contributed by atoms with Gasteiger partial charge in [0.05, 0.1) is 12.3 Å². The van der Waals surface area contributed by atoms with Crippen LogP contribution in [0.5, 0.6) is 5.75 Å². The van der Waals surface area contributed by atoms with E-state index in [1.165, 1.54) is 0 Å². The molecule has 0 bridgehead atoms. The van der Waals surface area contributed by atoms with Crippen LogP contribution in [-0.2, 0) is 0 Å². The average Bonchev–Trinajstić information content (AvgIpc) is 3.20. The Bertz CT molecular complexity index is 944. The van der Waals surface area contributed by atoms with Gasteiger partial charge in [0, 0.05) is 29.7 Å². The van der Waals surface area contributed by atoms with E-state index in [0.29, 0.717) is 17.3 Å². The first kappa shape index (κ1) is 19.5. The second-order valence-electron chi connectivity index (χ2n) is 7.83. The van der Waals surface area contributed by atoms with Gasteiger partial charge in [-0.25, -0.2) is 9.50 Å². The molecule has 1 saturated carbocycles. The summed E-state index contributed by atoms with van der Waals surface area (Å²) in [7, 11) is 0. The van der Waals surface area contributed by atoms with Crippen molar-refractivity contribution in [2.75, 3.05) is 17.7 Å². The lowest BCUT2D eigenvalue weighted by Crippen LogP contribution is -2.26. The summed E-state index contributed by atoms with van der Waals surface area (Å²) >= 11 is 0. The molecule has 29 heavy (non-hydrogen) atoms. The van der Waals surface area contributed by atoms with Gasteiger partial charge < -0.3 is 21.5 Å². The van der Waals surface area contributed by atoms with E-state index in [1.807, 2.05) is 30.5 Å². The number of hydrogen-bond donors (Lipinski definition) is 3. The van der Waals surface area contributed by atoms with Gasteiger partial charge in [-0.3, -0.25) is 0 Å². The van der Waals surface area contributed by atoms with Crippen LogP contribution in [0, 0.1) is 0 Å². The molecule has 0 radical (unpaired) electrons. The van der Waals surface area contributed by atoms with Crippen LogP contribution in [0.3, 0.4) is 0 Å². The summed E-state index contributed by atoms with van der Waals surface area (Å²) < 4.78 is 7.49. The molecule has 2 aromatic heterocycles. The Balaban J connectivity index is 1.61. The summed E-state index contributed by atoms with van der Waals surface area (Å²) in [5.74, 6) is 2.00. The fraction of sp³-hybridized carbons (Fsp3) is 0.455. The third-order valence-corrected chi connectivity index (χ3v) is 5.68. The van der Waals surface area contributed by atoms with Crippen LogP contribution >= 0.6 is 0 Å². The summed E-state index contributed by atoms with van der Waals surface area (Å²) in [5, 5.41) is 8.24. The highest BCUT2D eigenvalue weighted by Gasteiger charge is 2.27. The van der Waals surface area contributed by atoms with Crippen molar-refractivity contribution in [3.63, 3.8) is 0 Å². The zero-order valence-electron chi connectivity index (χ0n) is 17.0. The molecule has 1 aromatic carbocycles. The highest BCUT2D eigenvalue weighted by atomic mass is 16.5. The van der Waals surface area contributed by atoms with Crippen molar-refractivity contribution in [2.24, 2.45) is 5.73 Å². The van der Waals surface area contributed by atoms with Gasteiger partial charge in [0.25, 0.3) is 0 Å². The first-order valence-electron chi connectivity index (χ1n) is 10.5. The van der Waals surface area contributed by atoms with Crippen molar-refractivity contribution in [3.05, 3.63) is 42.2 Å². The van der Waals surface area contributed by atoms with Gasteiger partial charge in [0.2, 0.25) is 0 Å². The Morgan fingerprint density at radius 3 is 2.66 bits per heavy atom. The number of imidazole rings is 1. The zero-order chi connectivity index (χ0) is 20.2. The lowest BCUT2D eigenvalue weighted by molar-refractivity contribution is 0.309. The van der Waals surface area contributed by atoms with Crippen molar-refractivity contribution < 1.29 is 4.74 Å². The van der Waals surface area contributed by atoms with Crippen LogP contribution in [-0.4, -0.2) is 27.2 Å². The molecule has 0 amide bonds. The molecule has 0 spiro atoms. The SMILES string of the molecule is CCCCOc1ccc(Nc2nn3ccnc3c(N)c2[C@H]2CC[C@H](N)CC2)cc1. The molecule has 1 aliphatic rings. The molecule has 1 aliphatic carbocycles. The van der Waals surface area contributed by atoms with E-state index in [2.05, 4.69) is 17.2 Å². The van der Waals surface area contributed by atoms with Crippen LogP contribution in [0.25, 0.3) is 5.65 Å². The molecular weight excluding hydrogens is 364 g/mol. The minimum absolute atomic E-state index is 0.284. The third-order valence-electron chi connectivity index (χ3n) is 5.68. The van der Waals surface area contributed by atoms with Crippen molar-refractivity contribution in [1.82, 2.24) is 14.6 Å². The van der Waals surface area contributed by atoms with E-state index in [-0.39, 0.29) is 6.04 Å². The highest BCUT2D eigenvalue weighted by Crippen LogP contribution is 2.40. The van der Waals surface area contributed by atoms with E-state index < -0.39 is 0 Å². The molecule has 0 saturated heterocycles. The molecule has 0 atom stereocenters. The average molecular weight is 395 g/mol. The van der Waals surface area contributed by atoms with E-state index in [9.17, 15) is 0 Å². The second kappa shape index (κ2) is 8.69. The van der Waals surface area contributed by atoms with Crippen molar-refractivity contribution >= 4 is 22.8 Å². The van der Waals surface area contributed by atoms with Gasteiger partial charge in [-0.2, -0.15) is 0 Å². The number of unbranched alkanes of at least 4 members (excludes halogenated alkanes) is 1. The molecule has 0 unspecified atom stereocenters. The number of nitrogens with two attached hydrogens (primary N) is 2. The maximum atomic E-state index is 6.56. The predicted octanol–water partition coefficient (Wildman–Crippen LogP) is 4.22. The molecule has 154 valence electrons. The molecule has 5 N–H and O–H groups in total. The van der Waals surface area contributed by atoms with E-state index in [1.54, 1.807) is 10.7 Å². The molecule has 7 heteroatoms. The second-order valence-corrected chi connectivity index (χ2v) is 7.83. The molecule has 7 nitrogen and oxygen atoms in total. The summed E-state index contributed by atoms with van der Waals surface area (Å²) in [4.78, 5) is 4.39. The first-order valence-corrected chi connectivity index (χ1v) is 10.5. The van der Waals surface area contributed by atoms with Crippen molar-refractivity contribution in [2.45, 2.75) is 57.4 Å². The summed E-state index contributed by atoms with van der Waals surface area (Å²) in [6.07, 6.45) is 9.78. The summed E-state index contributed by atoms with van der Waals surface area (Å²) in [6.45, 7) is 2.90. The number of nitrogens with zero attached hydrogens (tertiary/aromatic N) is 3.